The number of nitrogens with zero attached hydrogens (tertiary/aromatic N) is 2. The lowest BCUT2D eigenvalue weighted by Crippen LogP contribution is -2.47. The van der Waals surface area contributed by atoms with E-state index in [1.807, 2.05) is 6.07 Å². The number of aliphatic hydroxyl groups is 1. The van der Waals surface area contributed by atoms with Crippen molar-refractivity contribution in [3.05, 3.63) is 29.8 Å². The first kappa shape index (κ1) is 14.0. The Labute approximate surface area is 113 Å². The lowest BCUT2D eigenvalue weighted by atomic mass is 10.0. The first-order valence-corrected chi connectivity index (χ1v) is 7.52. The molecule has 1 heterocycles. The molecule has 0 aliphatic carbocycles. The third-order valence-electron chi connectivity index (χ3n) is 3.59. The van der Waals surface area contributed by atoms with Crippen molar-refractivity contribution in [2.75, 3.05) is 13.2 Å². The zero-order chi connectivity index (χ0) is 14.1. The molecule has 0 bridgehead atoms. The van der Waals surface area contributed by atoms with Gasteiger partial charge in [0.25, 0.3) is 0 Å². The van der Waals surface area contributed by atoms with Gasteiger partial charge in [0.1, 0.15) is 0 Å². The minimum absolute atomic E-state index is 0.160. The summed E-state index contributed by atoms with van der Waals surface area (Å²) in [5, 5.41) is 18.2. The Kier molecular flexibility index (Phi) is 3.63. The van der Waals surface area contributed by atoms with Crippen LogP contribution in [0.4, 0.5) is 0 Å². The molecule has 1 aliphatic rings. The third-order valence-corrected chi connectivity index (χ3v) is 5.66. The van der Waals surface area contributed by atoms with Crippen molar-refractivity contribution in [2.45, 2.75) is 30.2 Å². The van der Waals surface area contributed by atoms with Crippen LogP contribution in [0, 0.1) is 11.3 Å². The fourth-order valence-electron chi connectivity index (χ4n) is 2.40. The molecule has 2 rings (SSSR count). The van der Waals surface area contributed by atoms with Gasteiger partial charge in [-0.05, 0) is 44.0 Å². The highest BCUT2D eigenvalue weighted by molar-refractivity contribution is 7.89. The normalized spacial score (nSPS) is 24.3. The summed E-state index contributed by atoms with van der Waals surface area (Å²) < 4.78 is 26.4. The standard InChI is InChI=1S/C13H16N2O3S/c1-13(10-16)7-2-8-15(13)19(17,18)12-5-3-11(9-14)4-6-12/h3-6,16H,2,7-8,10H2,1H3. The van der Waals surface area contributed by atoms with Gasteiger partial charge in [0, 0.05) is 6.54 Å². The molecule has 0 radical (unpaired) electrons. The van der Waals surface area contributed by atoms with E-state index in [4.69, 9.17) is 5.26 Å². The molecule has 1 aromatic carbocycles. The minimum Gasteiger partial charge on any atom is -0.394 e. The van der Waals surface area contributed by atoms with E-state index in [9.17, 15) is 13.5 Å². The Morgan fingerprint density at radius 3 is 2.58 bits per heavy atom. The van der Waals surface area contributed by atoms with Crippen LogP contribution in [0.5, 0.6) is 0 Å². The Morgan fingerprint density at radius 1 is 1.42 bits per heavy atom. The van der Waals surface area contributed by atoms with Gasteiger partial charge in [0.2, 0.25) is 10.0 Å². The fourth-order valence-corrected chi connectivity index (χ4v) is 4.23. The van der Waals surface area contributed by atoms with Crippen molar-refractivity contribution in [3.63, 3.8) is 0 Å². The predicted octanol–water partition coefficient (Wildman–Crippen LogP) is 1.09. The van der Waals surface area contributed by atoms with Crippen molar-refractivity contribution < 1.29 is 13.5 Å². The maximum atomic E-state index is 12.5. The molecule has 1 atom stereocenters. The molecule has 1 N–H and O–H groups in total. The van der Waals surface area contributed by atoms with Gasteiger partial charge in [-0.15, -0.1) is 0 Å². The van der Waals surface area contributed by atoms with Crippen LogP contribution in [0.1, 0.15) is 25.3 Å². The quantitative estimate of drug-likeness (QED) is 0.898. The van der Waals surface area contributed by atoms with E-state index in [1.165, 1.54) is 28.6 Å². The average molecular weight is 280 g/mol. The molecule has 5 nitrogen and oxygen atoms in total. The van der Waals surface area contributed by atoms with Gasteiger partial charge in [-0.25, -0.2) is 8.42 Å². The Hall–Kier alpha value is -1.42. The summed E-state index contributed by atoms with van der Waals surface area (Å²) in [5.74, 6) is 0. The maximum Gasteiger partial charge on any atom is 0.243 e. The van der Waals surface area contributed by atoms with E-state index in [1.54, 1.807) is 6.92 Å². The molecule has 1 saturated heterocycles. The van der Waals surface area contributed by atoms with Crippen molar-refractivity contribution in [2.24, 2.45) is 0 Å². The zero-order valence-corrected chi connectivity index (χ0v) is 11.5. The first-order chi connectivity index (χ1) is 8.94. The van der Waals surface area contributed by atoms with Crippen LogP contribution in [0.2, 0.25) is 0 Å². The smallest absolute Gasteiger partial charge is 0.243 e. The van der Waals surface area contributed by atoms with Gasteiger partial charge in [0.15, 0.2) is 0 Å². The van der Waals surface area contributed by atoms with Crippen LogP contribution < -0.4 is 0 Å². The van der Waals surface area contributed by atoms with E-state index in [0.29, 0.717) is 18.5 Å². The average Bonchev–Trinajstić information content (AvgIpc) is 2.82. The van der Waals surface area contributed by atoms with Crippen LogP contribution in [-0.4, -0.2) is 36.5 Å². The number of hydrogen-bond donors (Lipinski definition) is 1. The van der Waals surface area contributed by atoms with Gasteiger partial charge in [-0.1, -0.05) is 0 Å². The molecule has 6 heteroatoms. The summed E-state index contributed by atoms with van der Waals surface area (Å²) in [4.78, 5) is 0.160. The number of rotatable bonds is 3. The predicted molar refractivity (Wildman–Crippen MR) is 69.8 cm³/mol. The number of aliphatic hydroxyl groups excluding tert-OH is 1. The monoisotopic (exact) mass is 280 g/mol. The third kappa shape index (κ3) is 2.37. The van der Waals surface area contributed by atoms with Crippen molar-refractivity contribution in [1.82, 2.24) is 4.31 Å². The molecule has 1 aliphatic heterocycles. The zero-order valence-electron chi connectivity index (χ0n) is 10.7. The fraction of sp³-hybridized carbons (Fsp3) is 0.462. The Balaban J connectivity index is 2.39. The first-order valence-electron chi connectivity index (χ1n) is 6.08. The largest absolute Gasteiger partial charge is 0.394 e. The SMILES string of the molecule is CC1(CO)CCCN1S(=O)(=O)c1ccc(C#N)cc1. The summed E-state index contributed by atoms with van der Waals surface area (Å²) in [7, 11) is -3.62. The second-order valence-corrected chi connectivity index (χ2v) is 6.83. The Bertz CT molecular complexity index is 604. The molecule has 19 heavy (non-hydrogen) atoms. The van der Waals surface area contributed by atoms with E-state index < -0.39 is 15.6 Å². The second-order valence-electron chi connectivity index (χ2n) is 4.97. The molecule has 1 aromatic rings. The topological polar surface area (TPSA) is 81.4 Å². The molecule has 0 saturated carbocycles. The van der Waals surface area contributed by atoms with Gasteiger partial charge in [-0.3, -0.25) is 0 Å². The molecule has 0 spiro atoms. The number of hydrogen-bond acceptors (Lipinski definition) is 4. The van der Waals surface area contributed by atoms with Crippen molar-refractivity contribution in [3.8, 4) is 6.07 Å². The van der Waals surface area contributed by atoms with E-state index >= 15 is 0 Å². The number of nitriles is 1. The van der Waals surface area contributed by atoms with E-state index in [0.717, 1.165) is 6.42 Å². The second kappa shape index (κ2) is 4.93. The highest BCUT2D eigenvalue weighted by atomic mass is 32.2. The van der Waals surface area contributed by atoms with E-state index in [2.05, 4.69) is 0 Å². The van der Waals surface area contributed by atoms with Crippen LogP contribution in [0.3, 0.4) is 0 Å². The number of benzene rings is 1. The lowest BCUT2D eigenvalue weighted by Gasteiger charge is -2.32. The van der Waals surface area contributed by atoms with Gasteiger partial charge in [0.05, 0.1) is 28.7 Å². The molecule has 102 valence electrons. The minimum atomic E-state index is -3.62. The summed E-state index contributed by atoms with van der Waals surface area (Å²) in [6, 6.07) is 7.79. The Morgan fingerprint density at radius 2 is 2.05 bits per heavy atom. The molecule has 0 aromatic heterocycles. The number of sulfonamides is 1. The molecule has 0 amide bonds. The van der Waals surface area contributed by atoms with Gasteiger partial charge in [-0.2, -0.15) is 9.57 Å². The molecule has 1 fully saturated rings. The molecular weight excluding hydrogens is 264 g/mol. The summed E-state index contributed by atoms with van der Waals surface area (Å²) in [6.07, 6.45) is 1.39. The van der Waals surface area contributed by atoms with Crippen LogP contribution in [0.15, 0.2) is 29.2 Å². The van der Waals surface area contributed by atoms with Crippen LogP contribution >= 0.6 is 0 Å². The lowest BCUT2D eigenvalue weighted by molar-refractivity contribution is 0.137. The summed E-state index contributed by atoms with van der Waals surface area (Å²) in [6.45, 7) is 1.98. The highest BCUT2D eigenvalue weighted by Crippen LogP contribution is 2.33. The van der Waals surface area contributed by atoms with E-state index in [-0.39, 0.29) is 11.5 Å². The van der Waals surface area contributed by atoms with Gasteiger partial charge >= 0.3 is 0 Å². The summed E-state index contributed by atoms with van der Waals surface area (Å²) in [5.41, 5.74) is -0.308. The van der Waals surface area contributed by atoms with Crippen molar-refractivity contribution in [1.29, 1.82) is 5.26 Å². The summed E-state index contributed by atoms with van der Waals surface area (Å²) >= 11 is 0. The van der Waals surface area contributed by atoms with Gasteiger partial charge < -0.3 is 5.11 Å². The van der Waals surface area contributed by atoms with Crippen LogP contribution in [-0.2, 0) is 10.0 Å². The van der Waals surface area contributed by atoms with Crippen molar-refractivity contribution >= 4 is 10.0 Å². The molecular formula is C13H16N2O3S. The van der Waals surface area contributed by atoms with Crippen LogP contribution in [0.25, 0.3) is 0 Å². The molecule has 1 unspecified atom stereocenters. The highest BCUT2D eigenvalue weighted by Gasteiger charge is 2.43. The maximum absolute atomic E-state index is 12.5.